The summed E-state index contributed by atoms with van der Waals surface area (Å²) in [5, 5.41) is 5.98. The maximum absolute atomic E-state index is 14.7. The number of ether oxygens (including phenoxy) is 3. The van der Waals surface area contributed by atoms with Gasteiger partial charge in [-0.25, -0.2) is 0 Å². The molecule has 9 nitrogen and oxygen atoms in total. The molecule has 0 bridgehead atoms. The molecule has 5 atom stereocenters. The average molecular weight is 595 g/mol. The van der Waals surface area contributed by atoms with Gasteiger partial charge in [-0.15, -0.1) is 0 Å². The number of methoxy groups -OCH3 is 2. The number of rotatable bonds is 6. The third kappa shape index (κ3) is 3.85. The van der Waals surface area contributed by atoms with Crippen molar-refractivity contribution in [2.75, 3.05) is 28.3 Å². The summed E-state index contributed by atoms with van der Waals surface area (Å²) in [6.07, 6.45) is 0.930. The Morgan fingerprint density at radius 2 is 1.77 bits per heavy atom. The number of Topliss-reactive ketones (excluding diaryl/α,β-unsaturated/α-hetero) is 3. The number of fused-ring (bicyclic) bond motifs is 5. The molecule has 0 aliphatic heterocycles. The quantitative estimate of drug-likeness (QED) is 0.280. The van der Waals surface area contributed by atoms with Crippen LogP contribution in [-0.4, -0.2) is 61.3 Å². The van der Waals surface area contributed by atoms with Gasteiger partial charge in [0.1, 0.15) is 17.9 Å². The van der Waals surface area contributed by atoms with Crippen molar-refractivity contribution in [2.24, 2.45) is 17.8 Å². The smallest absolute Gasteiger partial charge is 0.265 e. The average Bonchev–Trinajstić information content (AvgIpc) is 3.44. The second-order valence-corrected chi connectivity index (χ2v) is 12.3. The number of carbonyl (C=O) groups excluding carboxylic acids is 3. The van der Waals surface area contributed by atoms with E-state index in [9.17, 15) is 14.4 Å². The first-order valence-corrected chi connectivity index (χ1v) is 14.8. The molecular weight excluding hydrogens is 560 g/mol. The first-order chi connectivity index (χ1) is 21.2. The van der Waals surface area contributed by atoms with E-state index in [1.165, 1.54) is 7.11 Å². The van der Waals surface area contributed by atoms with E-state index in [0.717, 1.165) is 33.2 Å². The minimum absolute atomic E-state index is 0.0158. The van der Waals surface area contributed by atoms with Gasteiger partial charge in [0.05, 0.1) is 19.1 Å². The summed E-state index contributed by atoms with van der Waals surface area (Å²) >= 11 is 0. The minimum Gasteiger partial charge on any atom is -0.496 e. The van der Waals surface area contributed by atoms with Crippen LogP contribution < -0.4 is 9.47 Å². The Balaban J connectivity index is 1.33. The van der Waals surface area contributed by atoms with Crippen molar-refractivity contribution in [2.45, 2.75) is 38.0 Å². The lowest BCUT2D eigenvalue weighted by molar-refractivity contribution is -0.159. The Bertz CT molecular complexity index is 1830. The van der Waals surface area contributed by atoms with Crippen LogP contribution in [0.5, 0.6) is 11.6 Å². The van der Waals surface area contributed by atoms with E-state index in [1.54, 1.807) is 7.11 Å². The van der Waals surface area contributed by atoms with Crippen LogP contribution in [0.1, 0.15) is 55.6 Å². The zero-order chi connectivity index (χ0) is 30.9. The summed E-state index contributed by atoms with van der Waals surface area (Å²) in [6, 6.07) is 16.8. The van der Waals surface area contributed by atoms with E-state index in [4.69, 9.17) is 18.7 Å². The van der Waals surface area contributed by atoms with Gasteiger partial charge < -0.3 is 18.7 Å². The minimum atomic E-state index is -1.89. The van der Waals surface area contributed by atoms with Crippen molar-refractivity contribution >= 4 is 28.1 Å². The Morgan fingerprint density at radius 3 is 2.48 bits per heavy atom. The molecule has 7 rings (SSSR count). The zero-order valence-electron chi connectivity index (χ0n) is 25.4. The lowest BCUT2D eigenvalue weighted by atomic mass is 9.54. The van der Waals surface area contributed by atoms with Crippen LogP contribution in [0.3, 0.4) is 0 Å². The summed E-state index contributed by atoms with van der Waals surface area (Å²) < 4.78 is 23.5. The first-order valence-electron chi connectivity index (χ1n) is 14.8. The van der Waals surface area contributed by atoms with Gasteiger partial charge in [-0.1, -0.05) is 42.5 Å². The molecule has 5 unspecified atom stereocenters. The number of aromatic nitrogens is 1. The molecule has 0 spiro atoms. The second kappa shape index (κ2) is 10.4. The van der Waals surface area contributed by atoms with Gasteiger partial charge in [-0.3, -0.25) is 19.3 Å². The van der Waals surface area contributed by atoms with Crippen molar-refractivity contribution in [1.29, 1.82) is 0 Å². The van der Waals surface area contributed by atoms with Crippen molar-refractivity contribution in [1.82, 2.24) is 10.1 Å². The molecule has 9 heteroatoms. The summed E-state index contributed by atoms with van der Waals surface area (Å²) in [6.45, 7) is 2.07. The number of ketones is 3. The summed E-state index contributed by atoms with van der Waals surface area (Å²) in [7, 11) is 6.76. The third-order valence-electron chi connectivity index (χ3n) is 9.91. The molecule has 3 aromatic carbocycles. The normalized spacial score (nSPS) is 25.8. The van der Waals surface area contributed by atoms with Crippen LogP contribution >= 0.6 is 0 Å². The van der Waals surface area contributed by atoms with Crippen LogP contribution in [0.4, 0.5) is 0 Å². The predicted molar refractivity (Wildman–Crippen MR) is 161 cm³/mol. The zero-order valence-corrected chi connectivity index (χ0v) is 25.4. The van der Waals surface area contributed by atoms with Crippen molar-refractivity contribution in [3.8, 4) is 11.6 Å². The largest absolute Gasteiger partial charge is 0.496 e. The van der Waals surface area contributed by atoms with E-state index < -0.39 is 35.0 Å². The number of hydrogen-bond donors (Lipinski definition) is 0. The van der Waals surface area contributed by atoms with Crippen LogP contribution in [0.15, 0.2) is 59.1 Å². The molecule has 1 aromatic heterocycles. The predicted octanol–water partition coefficient (Wildman–Crippen LogP) is 5.17. The van der Waals surface area contributed by atoms with Gasteiger partial charge in [-0.2, -0.15) is 0 Å². The van der Waals surface area contributed by atoms with Crippen LogP contribution in [0, 0.1) is 24.7 Å². The van der Waals surface area contributed by atoms with Gasteiger partial charge in [0.2, 0.25) is 5.78 Å². The highest BCUT2D eigenvalue weighted by Gasteiger charge is 2.68. The number of hydrogen-bond acceptors (Lipinski definition) is 9. The van der Waals surface area contributed by atoms with Crippen molar-refractivity contribution in [3.05, 3.63) is 88.2 Å². The summed E-state index contributed by atoms with van der Waals surface area (Å²) in [5.74, 6) is -2.15. The van der Waals surface area contributed by atoms with Gasteiger partial charge in [0, 0.05) is 24.0 Å². The van der Waals surface area contributed by atoms with Gasteiger partial charge >= 0.3 is 0 Å². The van der Waals surface area contributed by atoms with Crippen LogP contribution in [-0.2, 0) is 22.6 Å². The fraction of sp³-hybridized carbons (Fsp3) is 0.371. The molecule has 226 valence electrons. The maximum Gasteiger partial charge on any atom is 0.265 e. The second-order valence-electron chi connectivity index (χ2n) is 12.3. The van der Waals surface area contributed by atoms with E-state index in [-0.39, 0.29) is 29.8 Å². The van der Waals surface area contributed by atoms with Gasteiger partial charge in [0.25, 0.3) is 5.88 Å². The molecule has 0 N–H and O–H groups in total. The third-order valence-corrected chi connectivity index (χ3v) is 9.91. The first kappa shape index (κ1) is 28.4. The molecule has 0 radical (unpaired) electrons. The lowest BCUT2D eigenvalue weighted by Gasteiger charge is -2.52. The highest BCUT2D eigenvalue weighted by molar-refractivity contribution is 6.27. The SMILES string of the molecule is COc1cccc2c(C)c3c(cc12)CC1CC2C(N(C)C)c4onc(OCc5ccccc5)c4C(=O)C2(OC)C(=O)C1C3=O. The summed E-state index contributed by atoms with van der Waals surface area (Å²) in [4.78, 5) is 45.6. The Morgan fingerprint density at radius 1 is 1.00 bits per heavy atom. The van der Waals surface area contributed by atoms with Crippen LogP contribution in [0.25, 0.3) is 10.8 Å². The molecule has 3 aliphatic carbocycles. The van der Waals surface area contributed by atoms with E-state index in [2.05, 4.69) is 5.16 Å². The lowest BCUT2D eigenvalue weighted by Crippen LogP contribution is -2.67. The molecule has 3 aliphatic rings. The van der Waals surface area contributed by atoms with Gasteiger partial charge in [0.15, 0.2) is 22.9 Å². The highest BCUT2D eigenvalue weighted by atomic mass is 16.5. The fourth-order valence-electron chi connectivity index (χ4n) is 8.01. The molecular formula is C35H34N2O7. The molecule has 4 aromatic rings. The fourth-order valence-corrected chi connectivity index (χ4v) is 8.01. The van der Waals surface area contributed by atoms with Gasteiger partial charge in [-0.05, 0) is 79.1 Å². The van der Waals surface area contributed by atoms with Crippen LogP contribution in [0.2, 0.25) is 0 Å². The van der Waals surface area contributed by atoms with E-state index in [0.29, 0.717) is 24.2 Å². The Kier molecular flexibility index (Phi) is 6.71. The molecule has 0 saturated heterocycles. The standard InChI is InChI=1S/C35H34N2O7/c1-18-22-12-9-13-25(41-4)23(22)15-20-14-21-16-24-29(37(2)3)31-28(34(36-44-31)43-17-19-10-7-6-8-11-19)33(40)35(24,42-5)32(39)27(21)30(38)26(18)20/h6-13,15,21,24,27,29H,14,16-17H2,1-5H3. The molecule has 1 fully saturated rings. The van der Waals surface area contributed by atoms with Crippen molar-refractivity contribution in [3.63, 3.8) is 0 Å². The number of nitrogens with zero attached hydrogens (tertiary/aromatic N) is 2. The molecule has 1 saturated carbocycles. The molecule has 44 heavy (non-hydrogen) atoms. The highest BCUT2D eigenvalue weighted by Crippen LogP contribution is 2.56. The Hall–Kier alpha value is -4.34. The number of carbonyl (C=O) groups is 3. The van der Waals surface area contributed by atoms with E-state index in [1.807, 2.05) is 80.5 Å². The summed E-state index contributed by atoms with van der Waals surface area (Å²) in [5.41, 5.74) is 1.35. The topological polar surface area (TPSA) is 108 Å². The molecule has 1 heterocycles. The maximum atomic E-state index is 14.7. The van der Waals surface area contributed by atoms with Crippen molar-refractivity contribution < 1.29 is 33.1 Å². The molecule has 0 amide bonds. The monoisotopic (exact) mass is 594 g/mol. The van der Waals surface area contributed by atoms with E-state index >= 15 is 0 Å². The number of benzene rings is 3. The Labute approximate surface area is 255 Å². The number of aryl methyl sites for hydroxylation is 1.